The first-order valence-corrected chi connectivity index (χ1v) is 11.0. The molecule has 0 radical (unpaired) electrons. The summed E-state index contributed by atoms with van der Waals surface area (Å²) in [7, 11) is 0. The summed E-state index contributed by atoms with van der Waals surface area (Å²) in [6, 6.07) is 12.8. The van der Waals surface area contributed by atoms with Crippen LogP contribution in [0.2, 0.25) is 0 Å². The Bertz CT molecular complexity index is 803. The Kier molecular flexibility index (Phi) is 8.53. The quantitative estimate of drug-likeness (QED) is 0.548. The van der Waals surface area contributed by atoms with Crippen molar-refractivity contribution in [3.05, 3.63) is 54.5 Å². The zero-order valence-electron chi connectivity index (χ0n) is 18.4. The van der Waals surface area contributed by atoms with Gasteiger partial charge in [-0.3, -0.25) is 9.59 Å². The minimum Gasteiger partial charge on any atom is -0.484 e. The summed E-state index contributed by atoms with van der Waals surface area (Å²) in [6.45, 7) is 5.41. The summed E-state index contributed by atoms with van der Waals surface area (Å²) in [5.74, 6) is 1.01. The predicted octanol–water partition coefficient (Wildman–Crippen LogP) is 3.49. The van der Waals surface area contributed by atoms with Crippen LogP contribution in [0.1, 0.15) is 38.9 Å². The molecule has 2 atom stereocenters. The smallest absolute Gasteiger partial charge is 0.261 e. The summed E-state index contributed by atoms with van der Waals surface area (Å²) < 4.78 is 16.8. The van der Waals surface area contributed by atoms with Crippen LogP contribution in [0.15, 0.2) is 53.1 Å². The topological polar surface area (TPSA) is 72.2 Å². The van der Waals surface area contributed by atoms with E-state index in [1.807, 2.05) is 38.1 Å². The number of nitrogens with zero attached hydrogens (tertiary/aromatic N) is 2. The van der Waals surface area contributed by atoms with Crippen LogP contribution >= 0.6 is 0 Å². The zero-order valence-corrected chi connectivity index (χ0v) is 18.4. The van der Waals surface area contributed by atoms with Crippen molar-refractivity contribution in [1.29, 1.82) is 0 Å². The number of benzene rings is 1. The van der Waals surface area contributed by atoms with Gasteiger partial charge in [-0.2, -0.15) is 0 Å². The standard InChI is InChI=1S/C24H32N2O5/c1-3-19(2)26(24(28)18-31-20-9-5-4-6-10-20)17-23(27)25(15-21-11-7-13-29-21)16-22-12-8-14-30-22/h4-7,9-11,13,19,22H,3,8,12,14-18H2,1-2H3/t19-,22-/m0/s1. The fourth-order valence-corrected chi connectivity index (χ4v) is 3.58. The van der Waals surface area contributed by atoms with Crippen molar-refractivity contribution in [3.8, 4) is 5.75 Å². The summed E-state index contributed by atoms with van der Waals surface area (Å²) in [5, 5.41) is 0. The molecule has 0 bridgehead atoms. The van der Waals surface area contributed by atoms with Crippen LogP contribution in [0.3, 0.4) is 0 Å². The maximum atomic E-state index is 13.3. The maximum Gasteiger partial charge on any atom is 0.261 e. The van der Waals surface area contributed by atoms with Crippen molar-refractivity contribution in [2.75, 3.05) is 26.3 Å². The molecule has 3 rings (SSSR count). The minimum atomic E-state index is -0.207. The lowest BCUT2D eigenvalue weighted by atomic mass is 10.2. The van der Waals surface area contributed by atoms with Crippen molar-refractivity contribution in [2.24, 2.45) is 0 Å². The third kappa shape index (κ3) is 6.85. The second kappa shape index (κ2) is 11.6. The van der Waals surface area contributed by atoms with Gasteiger partial charge in [0, 0.05) is 19.2 Å². The molecule has 2 heterocycles. The number of furan rings is 1. The fourth-order valence-electron chi connectivity index (χ4n) is 3.58. The van der Waals surface area contributed by atoms with Gasteiger partial charge in [0.1, 0.15) is 18.1 Å². The molecule has 0 spiro atoms. The molecule has 1 saturated heterocycles. The van der Waals surface area contributed by atoms with Crippen molar-refractivity contribution in [1.82, 2.24) is 9.80 Å². The van der Waals surface area contributed by atoms with Crippen molar-refractivity contribution < 1.29 is 23.5 Å². The van der Waals surface area contributed by atoms with Crippen LogP contribution in [0, 0.1) is 0 Å². The average molecular weight is 429 g/mol. The second-order valence-corrected chi connectivity index (χ2v) is 7.87. The van der Waals surface area contributed by atoms with E-state index in [1.165, 1.54) is 0 Å². The highest BCUT2D eigenvalue weighted by Crippen LogP contribution is 2.17. The van der Waals surface area contributed by atoms with Crippen LogP contribution in [-0.4, -0.2) is 60.1 Å². The Morgan fingerprint density at radius 1 is 1.16 bits per heavy atom. The Hall–Kier alpha value is -2.80. The first kappa shape index (κ1) is 22.9. The van der Waals surface area contributed by atoms with Crippen molar-refractivity contribution in [2.45, 2.75) is 51.8 Å². The molecule has 168 valence electrons. The van der Waals surface area contributed by atoms with Crippen LogP contribution < -0.4 is 4.74 Å². The summed E-state index contributed by atoms with van der Waals surface area (Å²) in [4.78, 5) is 29.5. The molecule has 1 aliphatic rings. The Balaban J connectivity index is 1.65. The van der Waals surface area contributed by atoms with Crippen LogP contribution in [-0.2, 0) is 20.9 Å². The van der Waals surface area contributed by atoms with Gasteiger partial charge < -0.3 is 23.7 Å². The molecule has 0 aliphatic carbocycles. The third-order valence-electron chi connectivity index (χ3n) is 5.58. The molecule has 31 heavy (non-hydrogen) atoms. The number of para-hydroxylation sites is 1. The number of carbonyl (C=O) groups is 2. The summed E-state index contributed by atoms with van der Waals surface area (Å²) in [6.07, 6.45) is 4.30. The van der Waals surface area contributed by atoms with E-state index >= 15 is 0 Å². The van der Waals surface area contributed by atoms with Gasteiger partial charge in [0.05, 0.1) is 18.9 Å². The minimum absolute atomic E-state index is 0.000577. The van der Waals surface area contributed by atoms with Gasteiger partial charge in [0.2, 0.25) is 5.91 Å². The number of rotatable bonds is 11. The zero-order chi connectivity index (χ0) is 22.1. The van der Waals surface area contributed by atoms with Gasteiger partial charge in [-0.1, -0.05) is 25.1 Å². The highest BCUT2D eigenvalue weighted by molar-refractivity contribution is 5.85. The van der Waals surface area contributed by atoms with E-state index in [4.69, 9.17) is 13.9 Å². The lowest BCUT2D eigenvalue weighted by Crippen LogP contribution is -2.49. The number of amides is 2. The molecular formula is C24H32N2O5. The maximum absolute atomic E-state index is 13.3. The van der Waals surface area contributed by atoms with Crippen LogP contribution in [0.4, 0.5) is 0 Å². The molecule has 1 aromatic carbocycles. The molecule has 0 saturated carbocycles. The highest BCUT2D eigenvalue weighted by Gasteiger charge is 2.28. The molecule has 7 heteroatoms. The molecule has 1 aliphatic heterocycles. The fraction of sp³-hybridized carbons (Fsp3) is 0.500. The van der Waals surface area contributed by atoms with E-state index in [2.05, 4.69) is 0 Å². The van der Waals surface area contributed by atoms with E-state index in [1.54, 1.807) is 34.3 Å². The molecule has 1 aromatic heterocycles. The lowest BCUT2D eigenvalue weighted by molar-refractivity contribution is -0.144. The lowest BCUT2D eigenvalue weighted by Gasteiger charge is -2.31. The SMILES string of the molecule is CC[C@H](C)N(CC(=O)N(Cc1ccco1)C[C@@H]1CCCO1)C(=O)COc1ccccc1. The van der Waals surface area contributed by atoms with Crippen LogP contribution in [0.25, 0.3) is 0 Å². The summed E-state index contributed by atoms with van der Waals surface area (Å²) in [5.41, 5.74) is 0. The highest BCUT2D eigenvalue weighted by atomic mass is 16.5. The largest absolute Gasteiger partial charge is 0.484 e. The van der Waals surface area contributed by atoms with Gasteiger partial charge in [-0.05, 0) is 50.5 Å². The number of ether oxygens (including phenoxy) is 2. The number of carbonyl (C=O) groups excluding carboxylic acids is 2. The van der Waals surface area contributed by atoms with Gasteiger partial charge in [-0.15, -0.1) is 0 Å². The first-order valence-electron chi connectivity index (χ1n) is 11.0. The van der Waals surface area contributed by atoms with E-state index in [0.717, 1.165) is 25.9 Å². The Labute approximate surface area is 183 Å². The molecule has 7 nitrogen and oxygen atoms in total. The van der Waals surface area contributed by atoms with Crippen LogP contribution in [0.5, 0.6) is 5.75 Å². The normalized spacial score (nSPS) is 16.6. The van der Waals surface area contributed by atoms with Gasteiger partial charge >= 0.3 is 0 Å². The van der Waals surface area contributed by atoms with Gasteiger partial charge in [-0.25, -0.2) is 0 Å². The van der Waals surface area contributed by atoms with Gasteiger partial charge in [0.15, 0.2) is 6.61 Å². The molecular weight excluding hydrogens is 396 g/mol. The molecule has 2 amide bonds. The Morgan fingerprint density at radius 2 is 1.97 bits per heavy atom. The van der Waals surface area contributed by atoms with Gasteiger partial charge in [0.25, 0.3) is 5.91 Å². The third-order valence-corrected chi connectivity index (χ3v) is 5.58. The van der Waals surface area contributed by atoms with E-state index in [9.17, 15) is 9.59 Å². The molecule has 1 fully saturated rings. The van der Waals surface area contributed by atoms with E-state index in [0.29, 0.717) is 24.6 Å². The number of hydrogen-bond acceptors (Lipinski definition) is 5. The molecule has 0 N–H and O–H groups in total. The molecule has 2 aromatic rings. The van der Waals surface area contributed by atoms with E-state index in [-0.39, 0.29) is 37.1 Å². The monoisotopic (exact) mass is 428 g/mol. The summed E-state index contributed by atoms with van der Waals surface area (Å²) >= 11 is 0. The predicted molar refractivity (Wildman–Crippen MR) is 117 cm³/mol. The average Bonchev–Trinajstić information content (AvgIpc) is 3.50. The first-order chi connectivity index (χ1) is 15.1. The number of hydrogen-bond donors (Lipinski definition) is 0. The second-order valence-electron chi connectivity index (χ2n) is 7.87. The van der Waals surface area contributed by atoms with Crippen molar-refractivity contribution in [3.63, 3.8) is 0 Å². The van der Waals surface area contributed by atoms with E-state index < -0.39 is 0 Å². The van der Waals surface area contributed by atoms with Crippen molar-refractivity contribution >= 4 is 11.8 Å². The Morgan fingerprint density at radius 3 is 2.61 bits per heavy atom. The molecule has 0 unspecified atom stereocenters.